The minimum absolute atomic E-state index is 0.0189. The van der Waals surface area contributed by atoms with Crippen molar-refractivity contribution in [1.29, 1.82) is 0 Å². The number of carbonyl (C=O) groups is 3. The molecule has 2 N–H and O–H groups in total. The molecule has 3 aliphatic rings. The topological polar surface area (TPSA) is 114 Å². The molecule has 5 rings (SSSR count). The summed E-state index contributed by atoms with van der Waals surface area (Å²) in [5.41, 5.74) is 1.37. The van der Waals surface area contributed by atoms with E-state index in [4.69, 9.17) is 9.26 Å². The Bertz CT molecular complexity index is 1170. The smallest absolute Gasteiger partial charge is 0.276 e. The number of benzene rings is 1. The summed E-state index contributed by atoms with van der Waals surface area (Å²) in [7, 11) is 0. The molecule has 9 nitrogen and oxygen atoms in total. The quantitative estimate of drug-likeness (QED) is 0.553. The minimum atomic E-state index is -0.558. The van der Waals surface area contributed by atoms with Gasteiger partial charge < -0.3 is 24.8 Å². The van der Waals surface area contributed by atoms with E-state index in [9.17, 15) is 14.4 Å². The number of aryl methyl sites for hydroxylation is 1. The van der Waals surface area contributed by atoms with Gasteiger partial charge in [0, 0.05) is 31.6 Å². The van der Waals surface area contributed by atoms with E-state index in [2.05, 4.69) is 15.8 Å². The molecule has 0 bridgehead atoms. The molecule has 2 aromatic rings. The van der Waals surface area contributed by atoms with Crippen LogP contribution in [0.4, 0.5) is 0 Å². The van der Waals surface area contributed by atoms with Crippen LogP contribution < -0.4 is 15.4 Å². The molecule has 1 saturated heterocycles. The number of ether oxygens (including phenoxy) is 1. The maximum atomic E-state index is 13.6. The van der Waals surface area contributed by atoms with Gasteiger partial charge in [0.2, 0.25) is 5.91 Å². The molecule has 1 fully saturated rings. The molecular formula is C29H38N4O5. The average molecular weight is 523 g/mol. The number of fused-ring (bicyclic) bond motifs is 2. The molecule has 3 amide bonds. The van der Waals surface area contributed by atoms with Gasteiger partial charge in [0.15, 0.2) is 5.69 Å². The van der Waals surface area contributed by atoms with Crippen LogP contribution in [-0.2, 0) is 17.6 Å². The lowest BCUT2D eigenvalue weighted by Crippen LogP contribution is -2.52. The van der Waals surface area contributed by atoms with Crippen LogP contribution in [0, 0.1) is 5.41 Å². The second-order valence-electron chi connectivity index (χ2n) is 11.0. The number of amides is 3. The Morgan fingerprint density at radius 1 is 1.03 bits per heavy atom. The Balaban J connectivity index is 1.27. The van der Waals surface area contributed by atoms with Gasteiger partial charge in [-0.15, -0.1) is 0 Å². The van der Waals surface area contributed by atoms with Crippen LogP contribution in [0.5, 0.6) is 5.75 Å². The highest BCUT2D eigenvalue weighted by atomic mass is 16.5. The number of carbonyl (C=O) groups excluding carboxylic acids is 3. The lowest BCUT2D eigenvalue weighted by Gasteiger charge is -2.41. The van der Waals surface area contributed by atoms with Gasteiger partial charge in [-0.3, -0.25) is 14.4 Å². The van der Waals surface area contributed by atoms with Gasteiger partial charge in [-0.05, 0) is 64.0 Å². The van der Waals surface area contributed by atoms with Crippen molar-refractivity contribution in [3.8, 4) is 5.75 Å². The normalized spacial score (nSPS) is 22.7. The first-order valence-corrected chi connectivity index (χ1v) is 14.0. The second-order valence-corrected chi connectivity index (χ2v) is 11.0. The monoisotopic (exact) mass is 522 g/mol. The number of aromatic nitrogens is 1. The van der Waals surface area contributed by atoms with Crippen molar-refractivity contribution in [3.63, 3.8) is 0 Å². The van der Waals surface area contributed by atoms with E-state index in [0.717, 1.165) is 56.3 Å². The number of piperidine rings is 1. The number of para-hydroxylation sites is 1. The maximum Gasteiger partial charge on any atom is 0.276 e. The average Bonchev–Trinajstić information content (AvgIpc) is 3.19. The van der Waals surface area contributed by atoms with E-state index in [1.165, 1.54) is 0 Å². The van der Waals surface area contributed by atoms with Crippen molar-refractivity contribution >= 4 is 17.7 Å². The molecule has 0 saturated carbocycles. The Hall–Kier alpha value is -3.36. The molecule has 1 aromatic carbocycles. The number of hydrogen-bond acceptors (Lipinski definition) is 6. The zero-order valence-electron chi connectivity index (χ0n) is 22.2. The van der Waals surface area contributed by atoms with Gasteiger partial charge in [0.25, 0.3) is 11.8 Å². The van der Waals surface area contributed by atoms with Gasteiger partial charge >= 0.3 is 0 Å². The zero-order chi connectivity index (χ0) is 26.5. The van der Waals surface area contributed by atoms with E-state index in [1.807, 2.05) is 24.0 Å². The lowest BCUT2D eigenvalue weighted by atomic mass is 9.73. The van der Waals surface area contributed by atoms with Crippen LogP contribution in [0.15, 0.2) is 28.8 Å². The number of nitrogens with zero attached hydrogens (tertiary/aromatic N) is 2. The van der Waals surface area contributed by atoms with Gasteiger partial charge in [-0.1, -0.05) is 30.1 Å². The first kappa shape index (κ1) is 26.3. The highest BCUT2D eigenvalue weighted by Gasteiger charge is 2.43. The molecule has 38 heavy (non-hydrogen) atoms. The molecule has 1 atom stereocenters. The van der Waals surface area contributed by atoms with E-state index >= 15 is 0 Å². The molecule has 204 valence electrons. The first-order valence-electron chi connectivity index (χ1n) is 14.0. The third-order valence-corrected chi connectivity index (χ3v) is 8.26. The number of nitrogens with one attached hydrogen (secondary N) is 2. The summed E-state index contributed by atoms with van der Waals surface area (Å²) in [6, 6.07) is 6.94. The Morgan fingerprint density at radius 3 is 2.66 bits per heavy atom. The molecule has 1 aromatic heterocycles. The number of hydrogen-bond donors (Lipinski definition) is 2. The van der Waals surface area contributed by atoms with Crippen molar-refractivity contribution in [2.24, 2.45) is 5.41 Å². The summed E-state index contributed by atoms with van der Waals surface area (Å²) in [6.07, 6.45) is 8.40. The van der Waals surface area contributed by atoms with Gasteiger partial charge in [0.1, 0.15) is 18.1 Å². The third kappa shape index (κ3) is 5.56. The van der Waals surface area contributed by atoms with Crippen LogP contribution >= 0.6 is 0 Å². The third-order valence-electron chi connectivity index (χ3n) is 8.26. The molecule has 1 spiro atoms. The Morgan fingerprint density at radius 2 is 1.82 bits per heavy atom. The zero-order valence-corrected chi connectivity index (χ0v) is 22.2. The molecule has 0 unspecified atom stereocenters. The summed E-state index contributed by atoms with van der Waals surface area (Å²) < 4.78 is 11.5. The second kappa shape index (κ2) is 11.6. The van der Waals surface area contributed by atoms with Crippen LogP contribution in [0.2, 0.25) is 0 Å². The maximum absolute atomic E-state index is 13.6. The van der Waals surface area contributed by atoms with E-state index in [-0.39, 0.29) is 30.4 Å². The molecule has 1 aliphatic carbocycles. The van der Waals surface area contributed by atoms with Crippen molar-refractivity contribution in [1.82, 2.24) is 20.7 Å². The molecule has 2 aliphatic heterocycles. The molecular weight excluding hydrogens is 484 g/mol. The summed E-state index contributed by atoms with van der Waals surface area (Å²) in [6.45, 7) is 3.71. The van der Waals surface area contributed by atoms with E-state index < -0.39 is 5.41 Å². The number of rotatable bonds is 1. The van der Waals surface area contributed by atoms with Crippen molar-refractivity contribution in [3.05, 3.63) is 46.8 Å². The molecule has 3 heterocycles. The van der Waals surface area contributed by atoms with E-state index in [1.54, 1.807) is 12.1 Å². The summed E-state index contributed by atoms with van der Waals surface area (Å²) in [5, 5.41) is 10.3. The fourth-order valence-corrected chi connectivity index (χ4v) is 5.91. The predicted octanol–water partition coefficient (Wildman–Crippen LogP) is 3.66. The predicted molar refractivity (Wildman–Crippen MR) is 141 cm³/mol. The largest absolute Gasteiger partial charge is 0.491 e. The SMILES string of the molecule is C[C@@H]1COc2ccccc2C(=O)NCCCCC2(CCN(C(=O)c3noc4c3CCCCC4)CC2)C(=O)N1. The van der Waals surface area contributed by atoms with Gasteiger partial charge in [0.05, 0.1) is 17.0 Å². The highest BCUT2D eigenvalue weighted by molar-refractivity contribution is 5.97. The van der Waals surface area contributed by atoms with Crippen molar-refractivity contribution < 1.29 is 23.6 Å². The van der Waals surface area contributed by atoms with Crippen LogP contribution in [0.25, 0.3) is 0 Å². The highest BCUT2D eigenvalue weighted by Crippen LogP contribution is 2.38. The van der Waals surface area contributed by atoms with Gasteiger partial charge in [-0.25, -0.2) is 0 Å². The Kier molecular flexibility index (Phi) is 8.00. The van der Waals surface area contributed by atoms with Crippen LogP contribution in [0.3, 0.4) is 0 Å². The molecule has 0 radical (unpaired) electrons. The van der Waals surface area contributed by atoms with Crippen molar-refractivity contribution in [2.45, 2.75) is 77.2 Å². The van der Waals surface area contributed by atoms with Crippen LogP contribution in [-0.4, -0.2) is 60.1 Å². The van der Waals surface area contributed by atoms with Crippen LogP contribution in [0.1, 0.15) is 90.5 Å². The van der Waals surface area contributed by atoms with Crippen molar-refractivity contribution in [2.75, 3.05) is 26.2 Å². The summed E-state index contributed by atoms with van der Waals surface area (Å²) >= 11 is 0. The minimum Gasteiger partial charge on any atom is -0.491 e. The van der Waals surface area contributed by atoms with E-state index in [0.29, 0.717) is 55.9 Å². The summed E-state index contributed by atoms with van der Waals surface area (Å²) in [5.74, 6) is 1.15. The molecule has 9 heteroatoms. The lowest BCUT2D eigenvalue weighted by molar-refractivity contribution is -0.135. The standard InChI is InChI=1S/C29H38N4O5/c1-20-19-37-23-11-6-5-10-22(23)26(34)30-16-8-7-13-29(28(36)31-20)14-17-33(18-15-29)27(35)25-21-9-3-2-4-12-24(21)38-32-25/h5-6,10-11,20H,2-4,7-9,12-19H2,1H3,(H,30,34)(H,31,36)/t20-/m1/s1. The summed E-state index contributed by atoms with van der Waals surface area (Å²) in [4.78, 5) is 41.6. The fraction of sp³-hybridized carbons (Fsp3) is 0.586. The Labute approximate surface area is 223 Å². The first-order chi connectivity index (χ1) is 18.5. The van der Waals surface area contributed by atoms with Gasteiger partial charge in [-0.2, -0.15) is 0 Å². The number of likely N-dealkylation sites (tertiary alicyclic amines) is 1. The fourth-order valence-electron chi connectivity index (χ4n) is 5.91.